The lowest BCUT2D eigenvalue weighted by atomic mass is 9.74. The fourth-order valence-electron chi connectivity index (χ4n) is 11.2. The molecule has 0 spiro atoms. The molecule has 0 amide bonds. The number of nitrogens with one attached hydrogen (secondary N) is 2. The zero-order chi connectivity index (χ0) is 76.1. The lowest BCUT2D eigenvalue weighted by Gasteiger charge is -2.30. The van der Waals surface area contributed by atoms with E-state index in [0.29, 0.717) is 53.2 Å². The van der Waals surface area contributed by atoms with Crippen molar-refractivity contribution in [1.82, 2.24) is 4.72 Å². The number of ether oxygens (including phenoxy) is 3. The molecule has 3 fully saturated rings. The second kappa shape index (κ2) is 34.6. The van der Waals surface area contributed by atoms with Crippen LogP contribution < -0.4 is 14.2 Å². The molecule has 101 heavy (non-hydrogen) atoms. The molecule has 9 rings (SSSR count). The van der Waals surface area contributed by atoms with E-state index < -0.39 is 95.0 Å². The van der Waals surface area contributed by atoms with E-state index in [2.05, 4.69) is 76.6 Å². The molecule has 2 saturated carbocycles. The molecule has 3 aliphatic rings. The van der Waals surface area contributed by atoms with Gasteiger partial charge in [-0.25, -0.2) is 34.7 Å². The van der Waals surface area contributed by atoms with Crippen molar-refractivity contribution >= 4 is 37.7 Å². The Morgan fingerprint density at radius 2 is 1.07 bits per heavy atom. The van der Waals surface area contributed by atoms with Crippen LogP contribution in [0.5, 0.6) is 5.75 Å². The van der Waals surface area contributed by atoms with Crippen LogP contribution in [0.3, 0.4) is 0 Å². The van der Waals surface area contributed by atoms with E-state index in [1.54, 1.807) is 48.5 Å². The van der Waals surface area contributed by atoms with E-state index >= 15 is 0 Å². The highest BCUT2D eigenvalue weighted by Crippen LogP contribution is 2.62. The molecule has 6 aromatic carbocycles. The Labute approximate surface area is 587 Å². The molecular weight excluding hydrogens is 1370 g/mol. The first-order valence-electron chi connectivity index (χ1n) is 33.5. The molecule has 6 aromatic rings. The minimum atomic E-state index is -5.28. The number of aryl methyl sites for hydroxylation is 1. The van der Waals surface area contributed by atoms with Gasteiger partial charge < -0.3 is 14.2 Å². The van der Waals surface area contributed by atoms with Crippen molar-refractivity contribution in [3.8, 4) is 11.8 Å². The topological polar surface area (TPSA) is 178 Å². The number of sulfonamides is 2. The van der Waals surface area contributed by atoms with Gasteiger partial charge in [0, 0.05) is 24.1 Å². The largest absolute Gasteiger partial charge is 0.511 e. The van der Waals surface area contributed by atoms with E-state index in [1.165, 1.54) is 47.4 Å². The average Bonchev–Trinajstić information content (AvgIpc) is 1.54. The SMILES string of the molecule is CCC(C)(C)C(=O)OC1C2CC3C1OC(=O)C3(C#N)C2.CCC(C)c1ccc(C(C)(C)C)cc1.CCC(C)c1ccc(CNS(=O)(=O)C(F)(F)F)cc1.CCC(C)c1ccc(COc2c(F)c(F)c(F)c(F)c2F)cc1.CCC(C)c1ccc(S(=O)(=O)Nc2cc(C)cc(C(F)(F)F)c2)cc1. The second-order valence-corrected chi connectivity index (χ2v) is 31.1. The van der Waals surface area contributed by atoms with Gasteiger partial charge in [0.25, 0.3) is 10.0 Å². The summed E-state index contributed by atoms with van der Waals surface area (Å²) in [4.78, 5) is 24.2. The van der Waals surface area contributed by atoms with Crippen LogP contribution in [0.15, 0.2) is 120 Å². The first kappa shape index (κ1) is 84.1. The smallest absolute Gasteiger partial charge is 0.483 e. The molecule has 12 nitrogen and oxygen atoms in total. The summed E-state index contributed by atoms with van der Waals surface area (Å²) >= 11 is 0. The van der Waals surface area contributed by atoms with Gasteiger partial charge in [0.2, 0.25) is 29.1 Å². The lowest BCUT2D eigenvalue weighted by molar-refractivity contribution is -0.170. The molecule has 554 valence electrons. The Morgan fingerprint density at radius 3 is 1.49 bits per heavy atom. The number of rotatable bonds is 20. The maximum Gasteiger partial charge on any atom is 0.511 e. The van der Waals surface area contributed by atoms with E-state index in [1.807, 2.05) is 67.5 Å². The number of carbonyl (C=O) groups excluding carboxylic acids is 2. The number of carbonyl (C=O) groups is 2. The predicted molar refractivity (Wildman–Crippen MR) is 367 cm³/mol. The summed E-state index contributed by atoms with van der Waals surface area (Å²) in [6, 6.07) is 34.6. The van der Waals surface area contributed by atoms with Gasteiger partial charge in [0.15, 0.2) is 11.2 Å². The number of benzene rings is 6. The summed E-state index contributed by atoms with van der Waals surface area (Å²) in [6.07, 6.45) is 0.637. The lowest BCUT2D eigenvalue weighted by Crippen LogP contribution is -2.42. The summed E-state index contributed by atoms with van der Waals surface area (Å²) in [5, 5.41) is 9.31. The zero-order valence-corrected chi connectivity index (χ0v) is 61.2. The third-order valence-corrected chi connectivity index (χ3v) is 21.6. The van der Waals surface area contributed by atoms with Crippen LogP contribution in [0.2, 0.25) is 0 Å². The predicted octanol–water partition coefficient (Wildman–Crippen LogP) is 20.2. The highest BCUT2D eigenvalue weighted by Gasteiger charge is 2.72. The Kier molecular flexibility index (Phi) is 28.8. The molecule has 1 heterocycles. The molecule has 9 unspecified atom stereocenters. The summed E-state index contributed by atoms with van der Waals surface area (Å²) in [5.74, 6) is -10.5. The van der Waals surface area contributed by atoms with E-state index in [0.717, 1.165) is 54.5 Å². The number of hydrogen-bond acceptors (Lipinski definition) is 10. The fraction of sp³-hybridized carbons (Fsp3) is 0.487. The van der Waals surface area contributed by atoms with Crippen molar-refractivity contribution in [2.24, 2.45) is 22.7 Å². The Morgan fingerprint density at radius 1 is 0.634 bits per heavy atom. The number of nitrogens with zero attached hydrogens (tertiary/aromatic N) is 1. The van der Waals surface area contributed by atoms with Gasteiger partial charge in [-0.15, -0.1) is 0 Å². The Bertz CT molecular complexity index is 4020. The number of anilines is 1. The minimum Gasteiger partial charge on any atom is -0.483 e. The minimum absolute atomic E-state index is 0.00891. The van der Waals surface area contributed by atoms with Crippen LogP contribution in [0.25, 0.3) is 0 Å². The number of nitriles is 1. The molecule has 25 heteroatoms. The highest BCUT2D eigenvalue weighted by atomic mass is 32.2. The summed E-state index contributed by atoms with van der Waals surface area (Å²) in [5.41, 5.74) is -0.0950. The zero-order valence-electron chi connectivity index (χ0n) is 59.5. The second-order valence-electron chi connectivity index (χ2n) is 27.7. The summed E-state index contributed by atoms with van der Waals surface area (Å²) in [7, 11) is -9.24. The molecule has 1 saturated heterocycles. The quantitative estimate of drug-likeness (QED) is 0.0323. The molecule has 2 N–H and O–H groups in total. The van der Waals surface area contributed by atoms with Gasteiger partial charge in [-0.1, -0.05) is 168 Å². The molecule has 9 atom stereocenters. The van der Waals surface area contributed by atoms with Crippen LogP contribution in [-0.4, -0.2) is 46.5 Å². The van der Waals surface area contributed by atoms with E-state index in [-0.39, 0.29) is 53.1 Å². The number of hydrogen-bond donors (Lipinski definition) is 2. The molecule has 0 radical (unpaired) electrons. The van der Waals surface area contributed by atoms with Crippen LogP contribution >= 0.6 is 0 Å². The number of halogens is 11. The maximum atomic E-state index is 13.5. The van der Waals surface area contributed by atoms with Crippen LogP contribution in [0.1, 0.15) is 216 Å². The third kappa shape index (κ3) is 21.3. The fourth-order valence-corrected chi connectivity index (χ4v) is 12.8. The first-order valence-corrected chi connectivity index (χ1v) is 36.5. The number of esters is 2. The molecule has 1 aliphatic heterocycles. The average molecular weight is 1460 g/mol. The number of fused-ring (bicyclic) bond motifs is 1. The van der Waals surface area contributed by atoms with Gasteiger partial charge in [0.1, 0.15) is 18.8 Å². The van der Waals surface area contributed by atoms with Crippen molar-refractivity contribution in [3.05, 3.63) is 194 Å². The van der Waals surface area contributed by atoms with Crippen LogP contribution in [0.4, 0.5) is 54.0 Å². The van der Waals surface area contributed by atoms with Crippen molar-refractivity contribution in [2.45, 2.75) is 220 Å². The maximum absolute atomic E-state index is 13.5. The summed E-state index contributed by atoms with van der Waals surface area (Å²) < 4.78 is 207. The Hall–Kier alpha value is -7.56. The summed E-state index contributed by atoms with van der Waals surface area (Å²) in [6.45, 7) is 30.0. The van der Waals surface area contributed by atoms with Crippen molar-refractivity contribution in [3.63, 3.8) is 0 Å². The normalized spacial score (nSPS) is 19.0. The van der Waals surface area contributed by atoms with Crippen LogP contribution in [-0.2, 0) is 63.9 Å². The van der Waals surface area contributed by atoms with Crippen molar-refractivity contribution < 1.29 is 88.9 Å². The van der Waals surface area contributed by atoms with Gasteiger partial charge >= 0.3 is 33.6 Å². The molecule has 0 aromatic heterocycles. The highest BCUT2D eigenvalue weighted by molar-refractivity contribution is 7.92. The molecule has 2 bridgehead atoms. The van der Waals surface area contributed by atoms with E-state index in [4.69, 9.17) is 14.2 Å². The first-order chi connectivity index (χ1) is 46.9. The van der Waals surface area contributed by atoms with E-state index in [9.17, 15) is 80.0 Å². The third-order valence-electron chi connectivity index (χ3n) is 19.1. The monoisotopic (exact) mass is 1460 g/mol. The van der Waals surface area contributed by atoms with Crippen molar-refractivity contribution in [2.75, 3.05) is 4.72 Å². The van der Waals surface area contributed by atoms with Gasteiger partial charge in [0.05, 0.1) is 21.9 Å². The Balaban J connectivity index is 0.000000230. The van der Waals surface area contributed by atoms with Gasteiger partial charge in [-0.2, -0.15) is 40.4 Å². The molecule has 2 aliphatic carbocycles. The standard InChI is InChI=1S/C18H20F3NO2S.C17H15F5O.C15H19NO4.C14H22.C12H16F3NO2S/c1-4-13(3)14-5-7-17(8-6-14)25(23,24)22-16-10-12(2)9-15(11-16)18(19,20)21;1-3-9(2)11-6-4-10(5-7-11)8-23-17-15(21)13(19)12(18)14(20)16(17)22;1-4-14(2,3)12(17)19-10-8-5-9-11(10)20-13(18)15(9,6-8)7-16;1-6-11(2)12-7-9-13(10-8-12)14(3,4)5;1-3-9(2)11-6-4-10(5-7-11)8-16-19(17,18)12(13,14)15/h5-11,13,22H,4H2,1-3H3;4-7,9H,3,8H2,1-2H3;8-11H,4-6H2,1-3H3;7-11H,6H2,1-5H3;4-7,9,16H,3,8H2,1-2H3. The van der Waals surface area contributed by atoms with Gasteiger partial charge in [-0.3, -0.25) is 14.3 Å². The van der Waals surface area contributed by atoms with Crippen LogP contribution in [0, 0.1) is 70.0 Å². The molecular formula is C76H92F11N3O9S2. The van der Waals surface area contributed by atoms with Crippen molar-refractivity contribution in [1.29, 1.82) is 5.26 Å². The number of alkyl halides is 6. The van der Waals surface area contributed by atoms with Gasteiger partial charge in [-0.05, 0) is 170 Å².